The number of aromatic nitrogens is 2. The lowest BCUT2D eigenvalue weighted by molar-refractivity contribution is -0.205. The fourth-order valence-electron chi connectivity index (χ4n) is 16.3. The van der Waals surface area contributed by atoms with Crippen LogP contribution in [0, 0.1) is 69.5 Å². The number of allylic oxidation sites excluding steroid dienone is 3. The summed E-state index contributed by atoms with van der Waals surface area (Å²) in [5, 5.41) is 48.7. The van der Waals surface area contributed by atoms with Crippen molar-refractivity contribution in [3.8, 4) is 0 Å². The highest BCUT2D eigenvalue weighted by atomic mass is 16.3. The highest BCUT2D eigenvalue weighted by Crippen LogP contribution is 2.74. The first-order valence-electron chi connectivity index (χ1n) is 21.7. The van der Waals surface area contributed by atoms with Gasteiger partial charge in [-0.1, -0.05) is 56.4 Å². The second-order valence-corrected chi connectivity index (χ2v) is 20.9. The molecule has 0 amide bonds. The number of aryl methyl sites for hydroxylation is 1. The van der Waals surface area contributed by atoms with Gasteiger partial charge >= 0.3 is 0 Å². The van der Waals surface area contributed by atoms with E-state index in [1.807, 2.05) is 18.6 Å². The van der Waals surface area contributed by atoms with Gasteiger partial charge in [-0.25, -0.2) is 4.98 Å². The summed E-state index contributed by atoms with van der Waals surface area (Å²) >= 11 is 0. The van der Waals surface area contributed by atoms with E-state index in [-0.39, 0.29) is 46.7 Å². The van der Waals surface area contributed by atoms with Crippen LogP contribution in [0.15, 0.2) is 52.7 Å². The molecule has 1 aromatic rings. The van der Waals surface area contributed by atoms with Crippen LogP contribution >= 0.6 is 0 Å². The summed E-state index contributed by atoms with van der Waals surface area (Å²) in [6.07, 6.45) is 20.6. The summed E-state index contributed by atoms with van der Waals surface area (Å²) in [7, 11) is 0. The van der Waals surface area contributed by atoms with Gasteiger partial charge in [0.15, 0.2) is 5.78 Å². The summed E-state index contributed by atoms with van der Waals surface area (Å²) in [6, 6.07) is 0. The standard InChI is InChI=1S/C46H64N2O5/c1-43(2,16-18-48-19-17-47-24-48)40-29-10-6-5-9-27(29)28-11-7-8-25-20-30(41(51)38(40)37(25)28)31-14-15-46(53)34-22-35(49)33-21-36(50)42(52)32-13-12-26(23-44(31,46)3)39(34)45(32,33)4/h17,19,22,24-27,30-33,36,38-39,41-42,50-53H,5-16,18,20-21,23H2,1-4H3. The summed E-state index contributed by atoms with van der Waals surface area (Å²) in [5.74, 6) is 1.33. The van der Waals surface area contributed by atoms with Crippen LogP contribution in [-0.2, 0) is 11.3 Å². The molecule has 0 saturated heterocycles. The molecule has 4 N–H and O–H groups in total. The number of aliphatic hydroxyl groups is 4. The van der Waals surface area contributed by atoms with Crippen molar-refractivity contribution >= 4 is 5.78 Å². The minimum absolute atomic E-state index is 0.0390. The number of carbonyl (C=O) groups excluding carboxylic acids is 1. The molecule has 10 rings (SSSR count). The van der Waals surface area contributed by atoms with Gasteiger partial charge in [-0.05, 0) is 148 Å². The van der Waals surface area contributed by atoms with Crippen molar-refractivity contribution in [2.24, 2.45) is 69.5 Å². The fourth-order valence-corrected chi connectivity index (χ4v) is 16.3. The Hall–Kier alpha value is -2.06. The van der Waals surface area contributed by atoms with Crippen LogP contribution in [0.2, 0.25) is 0 Å². The molecule has 15 unspecified atom stereocenters. The first-order chi connectivity index (χ1) is 25.3. The Morgan fingerprint density at radius 3 is 2.55 bits per heavy atom. The molecular weight excluding hydrogens is 661 g/mol. The highest BCUT2D eigenvalue weighted by molar-refractivity contribution is 5.95. The molecule has 9 aliphatic rings. The van der Waals surface area contributed by atoms with E-state index in [2.05, 4.69) is 43.4 Å². The Bertz CT molecular complexity index is 1770. The molecule has 0 aliphatic heterocycles. The third kappa shape index (κ3) is 4.66. The molecule has 6 fully saturated rings. The number of nitrogens with zero attached hydrogens (tertiary/aromatic N) is 2. The summed E-state index contributed by atoms with van der Waals surface area (Å²) in [6.45, 7) is 10.4. The van der Waals surface area contributed by atoms with Gasteiger partial charge in [0.2, 0.25) is 0 Å². The number of carbonyl (C=O) groups is 1. The lowest BCUT2D eigenvalue weighted by Crippen LogP contribution is -2.68. The highest BCUT2D eigenvalue weighted by Gasteiger charge is 2.72. The number of rotatable bonds is 5. The number of fused-ring (bicyclic) bond motifs is 4. The Morgan fingerprint density at radius 2 is 1.75 bits per heavy atom. The molecule has 0 aromatic carbocycles. The van der Waals surface area contributed by atoms with E-state index in [4.69, 9.17) is 0 Å². The second kappa shape index (κ2) is 12.0. The summed E-state index contributed by atoms with van der Waals surface area (Å²) in [4.78, 5) is 18.4. The van der Waals surface area contributed by atoms with Crippen molar-refractivity contribution < 1.29 is 25.2 Å². The zero-order chi connectivity index (χ0) is 36.8. The maximum atomic E-state index is 14.1. The molecule has 15 atom stereocenters. The fraction of sp³-hybridized carbons (Fsp3) is 0.783. The van der Waals surface area contributed by atoms with Gasteiger partial charge in [0, 0.05) is 42.1 Å². The first kappa shape index (κ1) is 35.4. The van der Waals surface area contributed by atoms with Crippen LogP contribution < -0.4 is 0 Å². The maximum Gasteiger partial charge on any atom is 0.159 e. The summed E-state index contributed by atoms with van der Waals surface area (Å²) in [5.41, 5.74) is 5.41. The molecule has 7 nitrogen and oxygen atoms in total. The Balaban J connectivity index is 1.04. The molecule has 53 heavy (non-hydrogen) atoms. The van der Waals surface area contributed by atoms with Crippen molar-refractivity contribution in [1.82, 2.24) is 9.55 Å². The molecular formula is C46H64N2O5. The van der Waals surface area contributed by atoms with Gasteiger partial charge in [0.1, 0.15) is 0 Å². The molecule has 7 heteroatoms. The third-order valence-corrected chi connectivity index (χ3v) is 18.5. The van der Waals surface area contributed by atoms with Crippen LogP contribution in [0.25, 0.3) is 0 Å². The normalized spacial score (nSPS) is 48.8. The molecule has 1 aromatic heterocycles. The molecule has 0 bridgehead atoms. The average Bonchev–Trinajstić information content (AvgIpc) is 3.75. The van der Waals surface area contributed by atoms with E-state index in [1.165, 1.54) is 38.5 Å². The van der Waals surface area contributed by atoms with E-state index in [1.54, 1.807) is 22.3 Å². The zero-order valence-corrected chi connectivity index (χ0v) is 32.6. The monoisotopic (exact) mass is 724 g/mol. The second-order valence-electron chi connectivity index (χ2n) is 20.9. The Morgan fingerprint density at radius 1 is 0.943 bits per heavy atom. The van der Waals surface area contributed by atoms with Gasteiger partial charge in [-0.15, -0.1) is 0 Å². The minimum Gasteiger partial charge on any atom is -0.392 e. The SMILES string of the molecule is CC(C)(CCn1ccnc1)C1=C2CCCCC2C2=C3C(CCC2)CC(C2CCC4(O)C5=CC(=O)C6CC(O)C(O)C7CCC(CC24C)C5C67C)C(O)C31. The van der Waals surface area contributed by atoms with Crippen molar-refractivity contribution in [2.75, 3.05) is 0 Å². The topological polar surface area (TPSA) is 116 Å². The van der Waals surface area contributed by atoms with E-state index in [0.717, 1.165) is 57.1 Å². The number of hydrogen-bond acceptors (Lipinski definition) is 6. The molecule has 0 radical (unpaired) electrons. The molecule has 0 spiro atoms. The van der Waals surface area contributed by atoms with Crippen LogP contribution in [0.1, 0.15) is 124 Å². The van der Waals surface area contributed by atoms with E-state index in [9.17, 15) is 25.2 Å². The number of ketones is 1. The Labute approximate surface area is 316 Å². The predicted molar refractivity (Wildman–Crippen MR) is 203 cm³/mol. The lowest BCUT2D eigenvalue weighted by Gasteiger charge is -2.67. The van der Waals surface area contributed by atoms with Crippen molar-refractivity contribution in [3.05, 3.63) is 52.7 Å². The van der Waals surface area contributed by atoms with Crippen LogP contribution in [0.4, 0.5) is 0 Å². The molecule has 6 saturated carbocycles. The molecule has 288 valence electrons. The quantitative estimate of drug-likeness (QED) is 0.236. The van der Waals surface area contributed by atoms with Crippen LogP contribution in [0.3, 0.4) is 0 Å². The average molecular weight is 725 g/mol. The number of hydrogen-bond donors (Lipinski definition) is 4. The largest absolute Gasteiger partial charge is 0.392 e. The zero-order valence-electron chi connectivity index (χ0n) is 32.6. The van der Waals surface area contributed by atoms with Crippen molar-refractivity contribution in [2.45, 2.75) is 154 Å². The molecule has 1 heterocycles. The van der Waals surface area contributed by atoms with Crippen LogP contribution in [0.5, 0.6) is 0 Å². The van der Waals surface area contributed by atoms with Crippen molar-refractivity contribution in [3.63, 3.8) is 0 Å². The lowest BCUT2D eigenvalue weighted by atomic mass is 9.38. The van der Waals surface area contributed by atoms with Gasteiger partial charge < -0.3 is 25.0 Å². The van der Waals surface area contributed by atoms with Gasteiger partial charge in [-0.3, -0.25) is 4.79 Å². The van der Waals surface area contributed by atoms with E-state index in [0.29, 0.717) is 30.6 Å². The third-order valence-electron chi connectivity index (χ3n) is 18.5. The van der Waals surface area contributed by atoms with E-state index < -0.39 is 34.7 Å². The first-order valence-corrected chi connectivity index (χ1v) is 21.7. The number of imidazole rings is 1. The minimum atomic E-state index is -1.11. The van der Waals surface area contributed by atoms with Crippen LogP contribution in [-0.4, -0.2) is 59.7 Å². The Kier molecular flexibility index (Phi) is 7.99. The predicted octanol–water partition coefficient (Wildman–Crippen LogP) is 7.34. The number of aliphatic hydroxyl groups excluding tert-OH is 3. The smallest absolute Gasteiger partial charge is 0.159 e. The summed E-state index contributed by atoms with van der Waals surface area (Å²) < 4.78 is 2.20. The van der Waals surface area contributed by atoms with E-state index >= 15 is 0 Å². The molecule has 9 aliphatic carbocycles. The van der Waals surface area contributed by atoms with Crippen molar-refractivity contribution in [1.29, 1.82) is 0 Å². The van der Waals surface area contributed by atoms with Gasteiger partial charge in [-0.2, -0.15) is 0 Å². The van der Waals surface area contributed by atoms with Gasteiger partial charge in [0.25, 0.3) is 0 Å². The van der Waals surface area contributed by atoms with Gasteiger partial charge in [0.05, 0.1) is 30.2 Å². The maximum absolute atomic E-state index is 14.1.